The Balaban J connectivity index is 1.80. The Morgan fingerprint density at radius 2 is 2.04 bits per heavy atom. The van der Waals surface area contributed by atoms with Crippen LogP contribution in [0.3, 0.4) is 0 Å². The van der Waals surface area contributed by atoms with Gasteiger partial charge in [0.25, 0.3) is 0 Å². The minimum atomic E-state index is 0.294. The van der Waals surface area contributed by atoms with Crippen LogP contribution in [0.25, 0.3) is 10.8 Å². The predicted molar refractivity (Wildman–Crippen MR) is 93.0 cm³/mol. The van der Waals surface area contributed by atoms with Gasteiger partial charge in [0.2, 0.25) is 17.5 Å². The van der Waals surface area contributed by atoms with Crippen molar-refractivity contribution in [2.45, 2.75) is 12.8 Å². The van der Waals surface area contributed by atoms with Crippen molar-refractivity contribution in [2.24, 2.45) is 0 Å². The lowest BCUT2D eigenvalue weighted by atomic mass is 10.0. The maximum atomic E-state index is 9.24. The van der Waals surface area contributed by atoms with E-state index in [-0.39, 0.29) is 0 Å². The highest BCUT2D eigenvalue weighted by molar-refractivity contribution is 5.85. The molecule has 5 heteroatoms. The molecule has 122 valence electrons. The molecule has 2 aromatic carbocycles. The molecule has 1 aromatic heterocycles. The fourth-order valence-electron chi connectivity index (χ4n) is 2.66. The monoisotopic (exact) mass is 321 g/mol. The summed E-state index contributed by atoms with van der Waals surface area (Å²) in [4.78, 5) is 4.31. The van der Waals surface area contributed by atoms with Crippen LogP contribution in [-0.4, -0.2) is 25.2 Å². The van der Waals surface area contributed by atoms with Gasteiger partial charge in [0, 0.05) is 20.3 Å². The summed E-state index contributed by atoms with van der Waals surface area (Å²) in [5.41, 5.74) is 1.42. The van der Waals surface area contributed by atoms with Crippen molar-refractivity contribution in [3.63, 3.8) is 0 Å². The van der Waals surface area contributed by atoms with E-state index in [1.54, 1.807) is 7.11 Å². The summed E-state index contributed by atoms with van der Waals surface area (Å²) in [6.07, 6.45) is 1.39. The van der Waals surface area contributed by atoms with E-state index in [0.29, 0.717) is 37.0 Å². The van der Waals surface area contributed by atoms with Crippen LogP contribution in [0.4, 0.5) is 5.88 Å². The summed E-state index contributed by atoms with van der Waals surface area (Å²) in [7, 11) is 1.66. The Labute approximate surface area is 140 Å². The molecular weight excluding hydrogens is 302 g/mol. The first-order chi connectivity index (χ1) is 11.8. The molecule has 0 unspecified atom stereocenters. The average Bonchev–Trinajstić information content (AvgIpc) is 3.01. The van der Waals surface area contributed by atoms with Crippen molar-refractivity contribution in [3.05, 3.63) is 59.6 Å². The zero-order valence-electron chi connectivity index (χ0n) is 13.6. The molecule has 3 rings (SSSR count). The first-order valence-corrected chi connectivity index (χ1v) is 7.91. The topological polar surface area (TPSA) is 71.1 Å². The Kier molecular flexibility index (Phi) is 5.09. The van der Waals surface area contributed by atoms with Crippen LogP contribution in [0.2, 0.25) is 0 Å². The van der Waals surface area contributed by atoms with Gasteiger partial charge in [0.05, 0.1) is 6.42 Å². The Morgan fingerprint density at radius 3 is 2.88 bits per heavy atom. The van der Waals surface area contributed by atoms with E-state index < -0.39 is 0 Å². The molecule has 0 spiro atoms. The molecule has 1 N–H and O–H groups in total. The molecule has 0 saturated heterocycles. The van der Waals surface area contributed by atoms with Crippen molar-refractivity contribution in [1.29, 1.82) is 5.26 Å². The quantitative estimate of drug-likeness (QED) is 0.671. The van der Waals surface area contributed by atoms with Gasteiger partial charge < -0.3 is 14.5 Å². The first-order valence-electron chi connectivity index (χ1n) is 7.91. The number of aromatic nitrogens is 1. The predicted octanol–water partition coefficient (Wildman–Crippen LogP) is 3.74. The number of rotatable bonds is 7. The van der Waals surface area contributed by atoms with Crippen molar-refractivity contribution in [3.8, 4) is 6.07 Å². The van der Waals surface area contributed by atoms with Gasteiger partial charge in [0.1, 0.15) is 6.07 Å². The van der Waals surface area contributed by atoms with Gasteiger partial charge >= 0.3 is 0 Å². The van der Waals surface area contributed by atoms with Gasteiger partial charge in [-0.25, -0.2) is 4.98 Å². The van der Waals surface area contributed by atoms with Crippen LogP contribution in [0.1, 0.15) is 23.6 Å². The van der Waals surface area contributed by atoms with Crippen LogP contribution in [0.15, 0.2) is 46.9 Å². The van der Waals surface area contributed by atoms with Crippen molar-refractivity contribution in [2.75, 3.05) is 25.6 Å². The maximum absolute atomic E-state index is 9.24. The number of oxazole rings is 1. The number of hydrogen-bond acceptors (Lipinski definition) is 5. The number of ether oxygens (including phenoxy) is 1. The van der Waals surface area contributed by atoms with E-state index in [1.807, 2.05) is 18.2 Å². The van der Waals surface area contributed by atoms with Crippen LogP contribution in [0.5, 0.6) is 0 Å². The minimum Gasteiger partial charge on any atom is -0.423 e. The van der Waals surface area contributed by atoms with E-state index in [9.17, 15) is 5.26 Å². The highest BCUT2D eigenvalue weighted by atomic mass is 16.5. The number of benzene rings is 2. The van der Waals surface area contributed by atoms with Gasteiger partial charge in [-0.05, 0) is 22.8 Å². The Morgan fingerprint density at radius 1 is 1.21 bits per heavy atom. The number of methoxy groups -OCH3 is 1. The van der Waals surface area contributed by atoms with Crippen LogP contribution in [-0.2, 0) is 11.2 Å². The molecular formula is C19H19N3O2. The molecule has 0 radical (unpaired) electrons. The summed E-state index contributed by atoms with van der Waals surface area (Å²) in [6.45, 7) is 1.33. The van der Waals surface area contributed by atoms with Crippen molar-refractivity contribution < 1.29 is 9.15 Å². The van der Waals surface area contributed by atoms with E-state index in [4.69, 9.17) is 9.15 Å². The van der Waals surface area contributed by atoms with Gasteiger partial charge in [0.15, 0.2) is 0 Å². The third kappa shape index (κ3) is 3.55. The van der Waals surface area contributed by atoms with E-state index in [1.165, 1.54) is 10.8 Å². The van der Waals surface area contributed by atoms with Crippen molar-refractivity contribution >= 4 is 16.7 Å². The molecule has 0 saturated carbocycles. The Bertz CT molecular complexity index is 859. The SMILES string of the molecule is COCCCNc1oc(Cc2cccc3ccccc23)nc1C#N. The second-order valence-corrected chi connectivity index (χ2v) is 5.49. The highest BCUT2D eigenvalue weighted by Crippen LogP contribution is 2.23. The summed E-state index contributed by atoms with van der Waals surface area (Å²) in [5.74, 6) is 0.973. The molecule has 0 aliphatic carbocycles. The van der Waals surface area contributed by atoms with E-state index in [0.717, 1.165) is 12.0 Å². The zero-order valence-corrected chi connectivity index (χ0v) is 13.6. The second kappa shape index (κ2) is 7.62. The molecule has 0 amide bonds. The summed E-state index contributed by atoms with van der Waals surface area (Å²) in [6, 6.07) is 16.5. The number of anilines is 1. The first kappa shape index (κ1) is 16.0. The number of nitrogens with zero attached hydrogens (tertiary/aromatic N) is 2. The molecule has 5 nitrogen and oxygen atoms in total. The lowest BCUT2D eigenvalue weighted by molar-refractivity contribution is 0.197. The van der Waals surface area contributed by atoms with E-state index >= 15 is 0 Å². The van der Waals surface area contributed by atoms with Gasteiger partial charge in [-0.1, -0.05) is 42.5 Å². The molecule has 0 fully saturated rings. The molecule has 1 heterocycles. The normalized spacial score (nSPS) is 10.7. The van der Waals surface area contributed by atoms with Gasteiger partial charge in [-0.2, -0.15) is 5.26 Å². The Hall–Kier alpha value is -2.84. The molecule has 0 aliphatic rings. The molecule has 3 aromatic rings. The van der Waals surface area contributed by atoms with Crippen LogP contribution >= 0.6 is 0 Å². The van der Waals surface area contributed by atoms with Gasteiger partial charge in [-0.3, -0.25) is 0 Å². The summed E-state index contributed by atoms with van der Waals surface area (Å²) >= 11 is 0. The molecule has 0 atom stereocenters. The molecule has 0 bridgehead atoms. The fourth-order valence-corrected chi connectivity index (χ4v) is 2.66. The molecule has 24 heavy (non-hydrogen) atoms. The number of fused-ring (bicyclic) bond motifs is 1. The van der Waals surface area contributed by atoms with Crippen LogP contribution < -0.4 is 5.32 Å². The smallest absolute Gasteiger partial charge is 0.232 e. The average molecular weight is 321 g/mol. The zero-order chi connectivity index (χ0) is 16.8. The fraction of sp³-hybridized carbons (Fsp3) is 0.263. The van der Waals surface area contributed by atoms with Gasteiger partial charge in [-0.15, -0.1) is 0 Å². The second-order valence-electron chi connectivity index (χ2n) is 5.49. The number of nitrogens with one attached hydrogen (secondary N) is 1. The van der Waals surface area contributed by atoms with E-state index in [2.05, 4.69) is 40.6 Å². The third-order valence-corrected chi connectivity index (χ3v) is 3.81. The number of nitriles is 1. The largest absolute Gasteiger partial charge is 0.423 e. The van der Waals surface area contributed by atoms with Crippen LogP contribution in [0, 0.1) is 11.3 Å². The standard InChI is InChI=1S/C19H19N3O2/c1-23-11-5-10-21-19-17(13-20)22-18(24-19)12-15-8-4-7-14-6-2-3-9-16(14)15/h2-4,6-9,21H,5,10-12H2,1H3. The highest BCUT2D eigenvalue weighted by Gasteiger charge is 2.14. The maximum Gasteiger partial charge on any atom is 0.232 e. The lowest BCUT2D eigenvalue weighted by Crippen LogP contribution is -2.04. The third-order valence-electron chi connectivity index (χ3n) is 3.81. The van der Waals surface area contributed by atoms with Crippen molar-refractivity contribution in [1.82, 2.24) is 4.98 Å². The molecule has 0 aliphatic heterocycles. The summed E-state index contributed by atoms with van der Waals surface area (Å²) in [5, 5.41) is 14.7. The minimum absolute atomic E-state index is 0.294. The lowest BCUT2D eigenvalue weighted by Gasteiger charge is -2.04. The summed E-state index contributed by atoms with van der Waals surface area (Å²) < 4.78 is 10.8. The number of hydrogen-bond donors (Lipinski definition) is 1.